The third-order valence-corrected chi connectivity index (χ3v) is 1.77. The van der Waals surface area contributed by atoms with Crippen LogP contribution in [-0.4, -0.2) is 0 Å². The predicted molar refractivity (Wildman–Crippen MR) is 49.5 cm³/mol. The summed E-state index contributed by atoms with van der Waals surface area (Å²) in [5.74, 6) is 0. The summed E-state index contributed by atoms with van der Waals surface area (Å²) in [5, 5.41) is 3.22. The summed E-state index contributed by atoms with van der Waals surface area (Å²) in [6, 6.07) is 6.29. The highest BCUT2D eigenvalue weighted by Crippen LogP contribution is 2.19. The van der Waals surface area contributed by atoms with Crippen LogP contribution >= 0.6 is 0 Å². The molecule has 0 aliphatic carbocycles. The van der Waals surface area contributed by atoms with Crippen LogP contribution in [0, 0.1) is 20.4 Å². The molecule has 1 heteroatoms. The number of anilines is 1. The molecule has 11 heavy (non-hydrogen) atoms. The second-order valence-corrected chi connectivity index (χ2v) is 2.70. The van der Waals surface area contributed by atoms with Crippen molar-refractivity contribution in [2.24, 2.45) is 0 Å². The number of hydrogen-bond donors (Lipinski definition) is 1. The fourth-order valence-electron chi connectivity index (χ4n) is 1.19. The van der Waals surface area contributed by atoms with E-state index >= 15 is 0 Å². The fourth-order valence-corrected chi connectivity index (χ4v) is 1.19. The summed E-state index contributed by atoms with van der Waals surface area (Å²) >= 11 is 0. The number of benzene rings is 1. The molecule has 0 aliphatic rings. The highest BCUT2D eigenvalue weighted by molar-refractivity contribution is 5.57. The van der Waals surface area contributed by atoms with Crippen molar-refractivity contribution < 1.29 is 0 Å². The lowest BCUT2D eigenvalue weighted by molar-refractivity contribution is 1.30. The molecule has 0 fully saturated rings. The summed E-state index contributed by atoms with van der Waals surface area (Å²) in [4.78, 5) is 0. The average molecular weight is 148 g/mol. The fraction of sp³-hybridized carbons (Fsp3) is 0.300. The lowest BCUT2D eigenvalue weighted by Crippen LogP contribution is -1.95. The molecule has 0 bridgehead atoms. The van der Waals surface area contributed by atoms with Gasteiger partial charge in [0.05, 0.1) is 0 Å². The van der Waals surface area contributed by atoms with Crippen LogP contribution in [0.25, 0.3) is 0 Å². The third kappa shape index (κ3) is 1.73. The molecule has 0 unspecified atom stereocenters. The lowest BCUT2D eigenvalue weighted by atomic mass is 10.1. The van der Waals surface area contributed by atoms with Crippen LogP contribution in [0.5, 0.6) is 0 Å². The van der Waals surface area contributed by atoms with Crippen molar-refractivity contribution in [3.05, 3.63) is 35.9 Å². The Morgan fingerprint density at radius 2 is 1.73 bits per heavy atom. The first-order chi connectivity index (χ1) is 5.25. The van der Waals surface area contributed by atoms with Gasteiger partial charge in [0.15, 0.2) is 0 Å². The van der Waals surface area contributed by atoms with E-state index in [0.717, 1.165) is 0 Å². The molecule has 0 amide bonds. The van der Waals surface area contributed by atoms with Gasteiger partial charge in [0.25, 0.3) is 0 Å². The van der Waals surface area contributed by atoms with Gasteiger partial charge in [-0.1, -0.05) is 18.2 Å². The Hall–Kier alpha value is -0.980. The van der Waals surface area contributed by atoms with Gasteiger partial charge < -0.3 is 5.32 Å². The van der Waals surface area contributed by atoms with Gasteiger partial charge >= 0.3 is 0 Å². The molecule has 0 spiro atoms. The Labute approximate surface area is 68.4 Å². The van der Waals surface area contributed by atoms with Crippen LogP contribution < -0.4 is 5.32 Å². The molecule has 0 heterocycles. The molecule has 0 saturated carbocycles. The van der Waals surface area contributed by atoms with Crippen molar-refractivity contribution in [1.29, 1.82) is 0 Å². The van der Waals surface area contributed by atoms with Crippen LogP contribution in [0.2, 0.25) is 0 Å². The van der Waals surface area contributed by atoms with Crippen molar-refractivity contribution in [2.75, 3.05) is 5.32 Å². The Kier molecular flexibility index (Phi) is 2.53. The predicted octanol–water partition coefficient (Wildman–Crippen LogP) is 2.90. The minimum absolute atomic E-state index is 1.23. The zero-order chi connectivity index (χ0) is 8.27. The van der Waals surface area contributed by atoms with Crippen LogP contribution in [0.3, 0.4) is 0 Å². The maximum atomic E-state index is 3.22. The molecule has 1 nitrogen and oxygen atoms in total. The van der Waals surface area contributed by atoms with Gasteiger partial charge in [-0.15, -0.1) is 0 Å². The van der Waals surface area contributed by atoms with E-state index in [1.807, 2.05) is 13.5 Å². The molecule has 1 radical (unpaired) electrons. The maximum absolute atomic E-state index is 3.22. The Balaban J connectivity index is 3.00. The highest BCUT2D eigenvalue weighted by atomic mass is 14.9. The van der Waals surface area contributed by atoms with Gasteiger partial charge in [-0.25, -0.2) is 0 Å². The zero-order valence-electron chi connectivity index (χ0n) is 7.31. The highest BCUT2D eigenvalue weighted by Gasteiger charge is 1.97. The minimum atomic E-state index is 1.23. The number of hydrogen-bond acceptors (Lipinski definition) is 1. The van der Waals surface area contributed by atoms with Gasteiger partial charge in [0, 0.05) is 12.2 Å². The number of rotatable bonds is 2. The molecule has 0 aromatic heterocycles. The quantitative estimate of drug-likeness (QED) is 0.680. The second kappa shape index (κ2) is 3.42. The summed E-state index contributed by atoms with van der Waals surface area (Å²) in [6.07, 6.45) is 0. The van der Waals surface area contributed by atoms with Crippen molar-refractivity contribution in [1.82, 2.24) is 0 Å². The Bertz CT molecular complexity index is 220. The largest absolute Gasteiger partial charge is 0.380 e. The SMILES string of the molecule is C[CH]Nc1c(C)cccc1C. The normalized spacial score (nSPS) is 9.73. The van der Waals surface area contributed by atoms with E-state index in [2.05, 4.69) is 37.4 Å². The zero-order valence-corrected chi connectivity index (χ0v) is 7.31. The molecular weight excluding hydrogens is 134 g/mol. The maximum Gasteiger partial charge on any atom is 0.0432 e. The van der Waals surface area contributed by atoms with Gasteiger partial charge in [-0.05, 0) is 31.9 Å². The summed E-state index contributed by atoms with van der Waals surface area (Å²) in [5.41, 5.74) is 3.82. The van der Waals surface area contributed by atoms with Crippen molar-refractivity contribution in [3.63, 3.8) is 0 Å². The molecule has 1 aromatic carbocycles. The van der Waals surface area contributed by atoms with E-state index in [4.69, 9.17) is 0 Å². The molecule has 0 atom stereocenters. The van der Waals surface area contributed by atoms with Gasteiger partial charge in [-0.3, -0.25) is 0 Å². The van der Waals surface area contributed by atoms with E-state index in [-0.39, 0.29) is 0 Å². The van der Waals surface area contributed by atoms with Crippen LogP contribution in [0.15, 0.2) is 18.2 Å². The van der Waals surface area contributed by atoms with Crippen LogP contribution in [-0.2, 0) is 0 Å². The molecule has 1 N–H and O–H groups in total. The first-order valence-electron chi connectivity index (χ1n) is 3.86. The minimum Gasteiger partial charge on any atom is -0.380 e. The first-order valence-corrected chi connectivity index (χ1v) is 3.86. The summed E-state index contributed by atoms with van der Waals surface area (Å²) < 4.78 is 0. The van der Waals surface area contributed by atoms with Crippen LogP contribution in [0.4, 0.5) is 5.69 Å². The second-order valence-electron chi connectivity index (χ2n) is 2.70. The molecule has 0 saturated heterocycles. The van der Waals surface area contributed by atoms with Gasteiger partial charge in [0.2, 0.25) is 0 Å². The van der Waals surface area contributed by atoms with Crippen LogP contribution in [0.1, 0.15) is 18.1 Å². The van der Waals surface area contributed by atoms with Gasteiger partial charge in [0.1, 0.15) is 0 Å². The average Bonchev–Trinajstić information content (AvgIpc) is 1.97. The third-order valence-electron chi connectivity index (χ3n) is 1.77. The molecule has 59 valence electrons. The van der Waals surface area contributed by atoms with Crippen molar-refractivity contribution in [2.45, 2.75) is 20.8 Å². The van der Waals surface area contributed by atoms with E-state index in [9.17, 15) is 0 Å². The van der Waals surface area contributed by atoms with Crippen molar-refractivity contribution in [3.8, 4) is 0 Å². The van der Waals surface area contributed by atoms with E-state index in [0.29, 0.717) is 0 Å². The Morgan fingerprint density at radius 1 is 1.18 bits per heavy atom. The van der Waals surface area contributed by atoms with Crippen molar-refractivity contribution >= 4 is 5.69 Å². The van der Waals surface area contributed by atoms with Gasteiger partial charge in [-0.2, -0.15) is 0 Å². The number of aryl methyl sites for hydroxylation is 2. The summed E-state index contributed by atoms with van der Waals surface area (Å²) in [7, 11) is 0. The van der Waals surface area contributed by atoms with E-state index in [1.54, 1.807) is 0 Å². The molecule has 0 aliphatic heterocycles. The molecular formula is C10H14N. The topological polar surface area (TPSA) is 12.0 Å². The number of nitrogens with one attached hydrogen (secondary N) is 1. The number of para-hydroxylation sites is 1. The first kappa shape index (κ1) is 8.12. The Morgan fingerprint density at radius 3 is 2.18 bits per heavy atom. The monoisotopic (exact) mass is 148 g/mol. The molecule has 1 rings (SSSR count). The smallest absolute Gasteiger partial charge is 0.0432 e. The standard InChI is InChI=1S/C10H14N/c1-4-11-10-8(2)6-5-7-9(10)3/h4-7,11H,1-3H3. The molecule has 1 aromatic rings. The summed E-state index contributed by atoms with van der Waals surface area (Å²) in [6.45, 7) is 8.17. The van der Waals surface area contributed by atoms with E-state index in [1.165, 1.54) is 16.8 Å². The van der Waals surface area contributed by atoms with E-state index < -0.39 is 0 Å². The lowest BCUT2D eigenvalue weighted by Gasteiger charge is -2.09.